The van der Waals surface area contributed by atoms with Crippen molar-refractivity contribution >= 4 is 5.91 Å². The summed E-state index contributed by atoms with van der Waals surface area (Å²) in [5, 5.41) is 0. The SMILES string of the molecule is CN1CCCCC[C@@H]2[C@@H]1[C@H](c1ccccc1)CN2C(=O)[C@@H]1CCCCO1. The molecule has 0 aliphatic carbocycles. The third kappa shape index (κ3) is 3.54. The van der Waals surface area contributed by atoms with Gasteiger partial charge < -0.3 is 14.5 Å². The fourth-order valence-electron chi connectivity index (χ4n) is 5.25. The van der Waals surface area contributed by atoms with Gasteiger partial charge in [0.25, 0.3) is 5.91 Å². The largest absolute Gasteiger partial charge is 0.368 e. The normalized spacial score (nSPS) is 33.3. The minimum Gasteiger partial charge on any atom is -0.368 e. The van der Waals surface area contributed by atoms with E-state index in [0.29, 0.717) is 18.0 Å². The molecule has 1 aromatic rings. The second-order valence-corrected chi connectivity index (χ2v) is 8.25. The highest BCUT2D eigenvalue weighted by Gasteiger charge is 2.47. The number of carbonyl (C=O) groups excluding carboxylic acids is 1. The van der Waals surface area contributed by atoms with Gasteiger partial charge in [-0.3, -0.25) is 4.79 Å². The van der Waals surface area contributed by atoms with Gasteiger partial charge in [0.05, 0.1) is 0 Å². The van der Waals surface area contributed by atoms with E-state index in [1.165, 1.54) is 24.8 Å². The second kappa shape index (κ2) is 8.10. The zero-order valence-electron chi connectivity index (χ0n) is 16.0. The van der Waals surface area contributed by atoms with Gasteiger partial charge in [-0.05, 0) is 51.3 Å². The molecule has 0 aromatic heterocycles. The smallest absolute Gasteiger partial charge is 0.252 e. The molecule has 3 fully saturated rings. The van der Waals surface area contributed by atoms with Gasteiger partial charge in [0.2, 0.25) is 0 Å². The number of rotatable bonds is 2. The highest BCUT2D eigenvalue weighted by Crippen LogP contribution is 2.39. The zero-order chi connectivity index (χ0) is 17.9. The van der Waals surface area contributed by atoms with Crippen molar-refractivity contribution in [2.45, 2.75) is 69.1 Å². The number of likely N-dealkylation sites (N-methyl/N-ethyl adjacent to an activating group) is 1. The quantitative estimate of drug-likeness (QED) is 0.814. The molecule has 3 aliphatic heterocycles. The van der Waals surface area contributed by atoms with E-state index < -0.39 is 0 Å². The molecular weight excluding hydrogens is 324 g/mol. The Hall–Kier alpha value is -1.39. The summed E-state index contributed by atoms with van der Waals surface area (Å²) in [5.41, 5.74) is 1.37. The zero-order valence-corrected chi connectivity index (χ0v) is 16.0. The Morgan fingerprint density at radius 2 is 1.85 bits per heavy atom. The van der Waals surface area contributed by atoms with E-state index >= 15 is 0 Å². The van der Waals surface area contributed by atoms with E-state index in [4.69, 9.17) is 4.74 Å². The van der Waals surface area contributed by atoms with E-state index in [9.17, 15) is 4.79 Å². The number of fused-ring (bicyclic) bond motifs is 1. The fourth-order valence-corrected chi connectivity index (χ4v) is 5.25. The van der Waals surface area contributed by atoms with Crippen LogP contribution in [0.2, 0.25) is 0 Å². The monoisotopic (exact) mass is 356 g/mol. The van der Waals surface area contributed by atoms with E-state index in [-0.39, 0.29) is 12.0 Å². The van der Waals surface area contributed by atoms with Gasteiger partial charge in [-0.2, -0.15) is 0 Å². The number of ether oxygens (including phenoxy) is 1. The Bertz CT molecular complexity index is 599. The Balaban J connectivity index is 1.62. The lowest BCUT2D eigenvalue weighted by Crippen LogP contribution is -2.50. The number of nitrogens with zero attached hydrogens (tertiary/aromatic N) is 2. The maximum atomic E-state index is 13.3. The number of amides is 1. The van der Waals surface area contributed by atoms with Gasteiger partial charge in [-0.1, -0.05) is 43.2 Å². The van der Waals surface area contributed by atoms with E-state index in [2.05, 4.69) is 47.2 Å². The van der Waals surface area contributed by atoms with Crippen LogP contribution in [0.5, 0.6) is 0 Å². The molecule has 142 valence electrons. The van der Waals surface area contributed by atoms with Crippen LogP contribution in [0.25, 0.3) is 0 Å². The predicted molar refractivity (Wildman–Crippen MR) is 103 cm³/mol. The van der Waals surface area contributed by atoms with Gasteiger partial charge in [0.15, 0.2) is 0 Å². The van der Waals surface area contributed by atoms with Gasteiger partial charge >= 0.3 is 0 Å². The molecule has 26 heavy (non-hydrogen) atoms. The van der Waals surface area contributed by atoms with Crippen molar-refractivity contribution < 1.29 is 9.53 Å². The van der Waals surface area contributed by atoms with Gasteiger partial charge in [-0.25, -0.2) is 0 Å². The van der Waals surface area contributed by atoms with Crippen LogP contribution in [0.3, 0.4) is 0 Å². The topological polar surface area (TPSA) is 32.8 Å². The molecule has 4 atom stereocenters. The van der Waals surface area contributed by atoms with Crippen molar-refractivity contribution in [3.8, 4) is 0 Å². The average molecular weight is 357 g/mol. The maximum Gasteiger partial charge on any atom is 0.252 e. The Labute approximate surface area is 157 Å². The first-order chi connectivity index (χ1) is 12.8. The van der Waals surface area contributed by atoms with Gasteiger partial charge in [0, 0.05) is 31.2 Å². The lowest BCUT2D eigenvalue weighted by atomic mass is 9.87. The first kappa shape index (κ1) is 18.0. The second-order valence-electron chi connectivity index (χ2n) is 8.25. The summed E-state index contributed by atoms with van der Waals surface area (Å²) < 4.78 is 5.85. The van der Waals surface area contributed by atoms with Crippen LogP contribution in [0, 0.1) is 0 Å². The summed E-state index contributed by atoms with van der Waals surface area (Å²) in [6, 6.07) is 11.5. The van der Waals surface area contributed by atoms with Gasteiger partial charge in [-0.15, -0.1) is 0 Å². The number of likely N-dealkylation sites (tertiary alicyclic amines) is 2. The number of carbonyl (C=O) groups is 1. The molecule has 4 heteroatoms. The van der Waals surface area contributed by atoms with Crippen LogP contribution >= 0.6 is 0 Å². The molecule has 4 rings (SSSR count). The summed E-state index contributed by atoms with van der Waals surface area (Å²) in [5.74, 6) is 0.643. The van der Waals surface area contributed by atoms with Crippen molar-refractivity contribution in [3.63, 3.8) is 0 Å². The third-order valence-corrected chi connectivity index (χ3v) is 6.59. The molecule has 4 nitrogen and oxygen atoms in total. The Morgan fingerprint density at radius 3 is 2.62 bits per heavy atom. The lowest BCUT2D eigenvalue weighted by Gasteiger charge is -2.38. The fraction of sp³-hybridized carbons (Fsp3) is 0.682. The van der Waals surface area contributed by atoms with Crippen LogP contribution in [0.4, 0.5) is 0 Å². The molecule has 3 heterocycles. The molecule has 0 N–H and O–H groups in total. The van der Waals surface area contributed by atoms with Crippen molar-refractivity contribution in [2.75, 3.05) is 26.7 Å². The van der Waals surface area contributed by atoms with Crippen molar-refractivity contribution in [3.05, 3.63) is 35.9 Å². The molecule has 1 aromatic carbocycles. The molecule has 0 saturated carbocycles. The van der Waals surface area contributed by atoms with Crippen LogP contribution in [0.15, 0.2) is 30.3 Å². The molecule has 1 amide bonds. The highest BCUT2D eigenvalue weighted by molar-refractivity contribution is 5.82. The average Bonchev–Trinajstić information content (AvgIpc) is 3.05. The minimum absolute atomic E-state index is 0.213. The molecule has 3 aliphatic rings. The number of hydrogen-bond acceptors (Lipinski definition) is 3. The minimum atomic E-state index is -0.213. The molecule has 0 spiro atoms. The highest BCUT2D eigenvalue weighted by atomic mass is 16.5. The van der Waals surface area contributed by atoms with E-state index in [0.717, 1.165) is 45.4 Å². The van der Waals surface area contributed by atoms with Crippen LogP contribution in [0.1, 0.15) is 56.4 Å². The molecular formula is C22H32N2O2. The molecule has 0 bridgehead atoms. The molecule has 3 saturated heterocycles. The lowest BCUT2D eigenvalue weighted by molar-refractivity contribution is -0.148. The Kier molecular flexibility index (Phi) is 5.60. The van der Waals surface area contributed by atoms with E-state index in [1.54, 1.807) is 0 Å². The summed E-state index contributed by atoms with van der Waals surface area (Å²) in [4.78, 5) is 18.0. The van der Waals surface area contributed by atoms with Crippen LogP contribution < -0.4 is 0 Å². The standard InChI is InChI=1S/C22H32N2O2/c1-23-14-8-3-6-12-19-21(23)18(17-10-4-2-5-11-17)16-24(19)22(25)20-13-7-9-15-26-20/h2,4-5,10-11,18-21H,3,6-9,12-16H2,1H3/t18-,19+,20-,21-/m0/s1. The summed E-state index contributed by atoms with van der Waals surface area (Å²) in [6.07, 6.45) is 7.76. The first-order valence-electron chi connectivity index (χ1n) is 10.4. The van der Waals surface area contributed by atoms with E-state index in [1.807, 2.05) is 0 Å². The van der Waals surface area contributed by atoms with Crippen molar-refractivity contribution in [1.29, 1.82) is 0 Å². The summed E-state index contributed by atoms with van der Waals surface area (Å²) >= 11 is 0. The summed E-state index contributed by atoms with van der Waals surface area (Å²) in [6.45, 7) is 2.70. The molecule has 0 unspecified atom stereocenters. The Morgan fingerprint density at radius 1 is 1.04 bits per heavy atom. The van der Waals surface area contributed by atoms with Crippen LogP contribution in [-0.2, 0) is 9.53 Å². The van der Waals surface area contributed by atoms with Crippen molar-refractivity contribution in [1.82, 2.24) is 9.80 Å². The number of benzene rings is 1. The van der Waals surface area contributed by atoms with Gasteiger partial charge in [0.1, 0.15) is 6.10 Å². The summed E-state index contributed by atoms with van der Waals surface area (Å²) in [7, 11) is 2.25. The predicted octanol–water partition coefficient (Wildman–Crippen LogP) is 3.42. The van der Waals surface area contributed by atoms with Crippen molar-refractivity contribution in [2.24, 2.45) is 0 Å². The third-order valence-electron chi connectivity index (χ3n) is 6.59. The first-order valence-corrected chi connectivity index (χ1v) is 10.4. The molecule has 0 radical (unpaired) electrons. The maximum absolute atomic E-state index is 13.3. The number of hydrogen-bond donors (Lipinski definition) is 0. The van der Waals surface area contributed by atoms with Crippen LogP contribution in [-0.4, -0.2) is 60.6 Å².